The van der Waals surface area contributed by atoms with E-state index in [1.165, 1.54) is 27.8 Å². The van der Waals surface area contributed by atoms with Gasteiger partial charge < -0.3 is 0 Å². The molecule has 7 heteroatoms. The van der Waals surface area contributed by atoms with Crippen LogP contribution in [0.15, 0.2) is 51.8 Å². The van der Waals surface area contributed by atoms with Crippen molar-refractivity contribution in [3.8, 4) is 0 Å². The molecule has 1 atom stereocenters. The summed E-state index contributed by atoms with van der Waals surface area (Å²) in [7, 11) is 0. The molecule has 1 saturated heterocycles. The molecule has 152 valence electrons. The van der Waals surface area contributed by atoms with E-state index in [2.05, 4.69) is 41.2 Å². The van der Waals surface area contributed by atoms with Gasteiger partial charge in [0.15, 0.2) is 5.82 Å². The van der Waals surface area contributed by atoms with Crippen LogP contribution in [0.5, 0.6) is 0 Å². The van der Waals surface area contributed by atoms with Gasteiger partial charge in [-0.2, -0.15) is 0 Å². The van der Waals surface area contributed by atoms with Gasteiger partial charge in [-0.05, 0) is 49.9 Å². The zero-order valence-corrected chi connectivity index (χ0v) is 17.0. The summed E-state index contributed by atoms with van der Waals surface area (Å²) >= 11 is 6.12. The maximum absolute atomic E-state index is 14.2. The summed E-state index contributed by atoms with van der Waals surface area (Å²) in [6.45, 7) is 4.36. The van der Waals surface area contributed by atoms with Crippen LogP contribution in [0.25, 0.3) is 0 Å². The number of hydrogen-bond acceptors (Lipinski definition) is 4. The second kappa shape index (κ2) is 8.51. The van der Waals surface area contributed by atoms with Crippen LogP contribution in [0.3, 0.4) is 0 Å². The van der Waals surface area contributed by atoms with Gasteiger partial charge in [-0.3, -0.25) is 14.0 Å². The minimum absolute atomic E-state index is 0.00158. The van der Waals surface area contributed by atoms with Crippen LogP contribution in [-0.4, -0.2) is 27.7 Å². The molecule has 1 aromatic heterocycles. The highest BCUT2D eigenvalue weighted by atomic mass is 35.5. The van der Waals surface area contributed by atoms with Gasteiger partial charge in [0.05, 0.1) is 13.1 Å². The molecule has 4 rings (SSSR count). The van der Waals surface area contributed by atoms with Crippen LogP contribution < -0.4 is 5.76 Å². The van der Waals surface area contributed by atoms with Gasteiger partial charge >= 0.3 is 5.76 Å². The molecular weight excluding hydrogens is 393 g/mol. The summed E-state index contributed by atoms with van der Waals surface area (Å²) in [4.78, 5) is 14.4. The van der Waals surface area contributed by atoms with E-state index in [0.29, 0.717) is 18.3 Å². The van der Waals surface area contributed by atoms with Crippen LogP contribution in [0.4, 0.5) is 4.39 Å². The maximum atomic E-state index is 14.2. The van der Waals surface area contributed by atoms with Gasteiger partial charge in [-0.1, -0.05) is 52.7 Å². The van der Waals surface area contributed by atoms with Crippen LogP contribution in [0, 0.1) is 12.7 Å². The summed E-state index contributed by atoms with van der Waals surface area (Å²) in [5.41, 5.74) is 2.84. The zero-order valence-electron chi connectivity index (χ0n) is 16.3. The minimum atomic E-state index is -0.605. The molecule has 2 aromatic carbocycles. The van der Waals surface area contributed by atoms with Crippen molar-refractivity contribution >= 4 is 11.6 Å². The second-order valence-electron chi connectivity index (χ2n) is 7.64. The predicted octanol–water partition coefficient (Wildman–Crippen LogP) is 4.37. The Labute approximate surface area is 173 Å². The molecule has 1 unspecified atom stereocenters. The number of nitrogens with zero attached hydrogens (tertiary/aromatic N) is 3. The molecule has 5 nitrogen and oxygen atoms in total. The van der Waals surface area contributed by atoms with Crippen molar-refractivity contribution in [2.45, 2.75) is 38.8 Å². The fourth-order valence-electron chi connectivity index (χ4n) is 3.92. The van der Waals surface area contributed by atoms with Crippen molar-refractivity contribution in [1.82, 2.24) is 14.6 Å². The van der Waals surface area contributed by atoms with E-state index in [1.54, 1.807) is 6.07 Å². The second-order valence-corrected chi connectivity index (χ2v) is 8.04. The minimum Gasteiger partial charge on any atom is -0.296 e. The van der Waals surface area contributed by atoms with Crippen LogP contribution in [-0.2, 0) is 13.1 Å². The molecular formula is C22H23ClFN3O2. The van der Waals surface area contributed by atoms with Gasteiger partial charge in [-0.25, -0.2) is 9.18 Å². The van der Waals surface area contributed by atoms with E-state index < -0.39 is 11.6 Å². The van der Waals surface area contributed by atoms with Crippen molar-refractivity contribution in [3.05, 3.63) is 86.4 Å². The summed E-state index contributed by atoms with van der Waals surface area (Å²) in [5.74, 6) is -0.128. The highest BCUT2D eigenvalue weighted by molar-refractivity contribution is 6.31. The molecule has 0 radical (unpaired) electrons. The van der Waals surface area contributed by atoms with Crippen LogP contribution >= 0.6 is 11.6 Å². The third kappa shape index (κ3) is 4.43. The number of rotatable bonds is 5. The fourth-order valence-corrected chi connectivity index (χ4v) is 4.14. The molecule has 2 heterocycles. The first kappa shape index (κ1) is 19.9. The molecule has 0 bridgehead atoms. The molecule has 0 spiro atoms. The van der Waals surface area contributed by atoms with E-state index >= 15 is 0 Å². The molecule has 3 aromatic rings. The first-order valence-corrected chi connectivity index (χ1v) is 10.2. The number of piperidine rings is 1. The Hall–Kier alpha value is -2.44. The van der Waals surface area contributed by atoms with E-state index in [-0.39, 0.29) is 17.1 Å². The van der Waals surface area contributed by atoms with Crippen molar-refractivity contribution < 1.29 is 8.91 Å². The molecule has 1 fully saturated rings. The summed E-state index contributed by atoms with van der Waals surface area (Å²) < 4.78 is 20.4. The Kier molecular flexibility index (Phi) is 5.83. The molecule has 0 aliphatic carbocycles. The van der Waals surface area contributed by atoms with E-state index in [4.69, 9.17) is 16.1 Å². The molecule has 1 aliphatic heterocycles. The van der Waals surface area contributed by atoms with Crippen molar-refractivity contribution in [3.63, 3.8) is 0 Å². The molecule has 1 aliphatic rings. The summed E-state index contributed by atoms with van der Waals surface area (Å²) in [6.07, 6.45) is 2.20. The average molecular weight is 416 g/mol. The van der Waals surface area contributed by atoms with Crippen molar-refractivity contribution in [2.75, 3.05) is 13.1 Å². The number of benzene rings is 2. The lowest BCUT2D eigenvalue weighted by Gasteiger charge is -2.32. The predicted molar refractivity (Wildman–Crippen MR) is 110 cm³/mol. The Balaban J connectivity index is 1.51. The Morgan fingerprint density at radius 3 is 2.76 bits per heavy atom. The smallest absolute Gasteiger partial charge is 0.296 e. The molecule has 29 heavy (non-hydrogen) atoms. The highest BCUT2D eigenvalue weighted by Gasteiger charge is 2.24. The van der Waals surface area contributed by atoms with Gasteiger partial charge in [0.1, 0.15) is 5.82 Å². The average Bonchev–Trinajstić information content (AvgIpc) is 3.05. The Morgan fingerprint density at radius 2 is 2.00 bits per heavy atom. The summed E-state index contributed by atoms with van der Waals surface area (Å²) in [5, 5.41) is 4.22. The molecule has 0 amide bonds. The monoisotopic (exact) mass is 415 g/mol. The summed E-state index contributed by atoms with van der Waals surface area (Å²) in [6, 6.07) is 13.1. The Morgan fingerprint density at radius 1 is 1.21 bits per heavy atom. The van der Waals surface area contributed by atoms with Gasteiger partial charge in [0.25, 0.3) is 0 Å². The van der Waals surface area contributed by atoms with Crippen LogP contribution in [0.2, 0.25) is 5.02 Å². The lowest BCUT2D eigenvalue weighted by Crippen LogP contribution is -2.35. The van der Waals surface area contributed by atoms with Gasteiger partial charge in [0, 0.05) is 17.1 Å². The maximum Gasteiger partial charge on any atom is 0.441 e. The fraction of sp³-hybridized carbons (Fsp3) is 0.364. The zero-order chi connectivity index (χ0) is 20.4. The lowest BCUT2D eigenvalue weighted by molar-refractivity contribution is 0.191. The number of aromatic nitrogens is 2. The largest absolute Gasteiger partial charge is 0.441 e. The normalized spacial score (nSPS) is 17.6. The van der Waals surface area contributed by atoms with E-state index in [1.807, 2.05) is 0 Å². The number of likely N-dealkylation sites (tertiary alicyclic amines) is 1. The van der Waals surface area contributed by atoms with Crippen molar-refractivity contribution in [2.24, 2.45) is 0 Å². The van der Waals surface area contributed by atoms with Gasteiger partial charge in [0.2, 0.25) is 0 Å². The highest BCUT2D eigenvalue weighted by Crippen LogP contribution is 2.28. The van der Waals surface area contributed by atoms with Crippen LogP contribution in [0.1, 0.15) is 41.3 Å². The molecule has 0 saturated carbocycles. The third-order valence-corrected chi connectivity index (χ3v) is 5.91. The lowest BCUT2D eigenvalue weighted by atomic mass is 9.90. The first-order valence-electron chi connectivity index (χ1n) is 9.78. The number of aryl methyl sites for hydroxylation is 1. The van der Waals surface area contributed by atoms with E-state index in [9.17, 15) is 9.18 Å². The van der Waals surface area contributed by atoms with E-state index in [0.717, 1.165) is 25.9 Å². The number of hydrogen-bond donors (Lipinski definition) is 0. The third-order valence-electron chi connectivity index (χ3n) is 5.56. The molecule has 0 N–H and O–H groups in total. The quantitative estimate of drug-likeness (QED) is 0.621. The SMILES string of the molecule is Cc1ccc(C2CCCN(Cc3noc(=O)n3Cc3c(F)cccc3Cl)C2)cc1. The van der Waals surface area contributed by atoms with Gasteiger partial charge in [-0.15, -0.1) is 0 Å². The first-order chi connectivity index (χ1) is 14.0. The number of halogens is 2. The Bertz CT molecular complexity index is 1020. The topological polar surface area (TPSA) is 51.3 Å². The standard InChI is InChI=1S/C22H23ClFN3O2/c1-15-7-9-16(10-8-15)17-4-3-11-26(12-17)14-21-25-29-22(28)27(21)13-18-19(23)5-2-6-20(18)24/h2,5-10,17H,3-4,11-14H2,1H3. The van der Waals surface area contributed by atoms with Crippen molar-refractivity contribution in [1.29, 1.82) is 0 Å².